The van der Waals surface area contributed by atoms with Crippen LogP contribution in [0.4, 0.5) is 0 Å². The first-order valence-corrected chi connectivity index (χ1v) is 24.0. The second-order valence-electron chi connectivity index (χ2n) is 15.3. The van der Waals surface area contributed by atoms with Crippen LogP contribution in [-0.4, -0.2) is 96.0 Å². The van der Waals surface area contributed by atoms with Crippen LogP contribution in [0.1, 0.15) is 162 Å². The molecule has 0 amide bonds. The normalized spacial score (nSPS) is 20.8. The van der Waals surface area contributed by atoms with Crippen molar-refractivity contribution in [1.29, 1.82) is 0 Å². The van der Waals surface area contributed by atoms with E-state index < -0.39 is 71.2 Å². The van der Waals surface area contributed by atoms with E-state index >= 15 is 0 Å². The van der Waals surface area contributed by atoms with Crippen LogP contribution in [0.3, 0.4) is 0 Å². The second-order valence-corrected chi connectivity index (χ2v) is 16.8. The van der Waals surface area contributed by atoms with E-state index in [0.29, 0.717) is 12.8 Å². The van der Waals surface area contributed by atoms with Crippen LogP contribution in [0.15, 0.2) is 60.8 Å². The largest absolute Gasteiger partial charge is 0.462 e. The van der Waals surface area contributed by atoms with E-state index in [1.807, 2.05) is 0 Å². The Morgan fingerprint density at radius 3 is 1.59 bits per heavy atom. The van der Waals surface area contributed by atoms with Crippen molar-refractivity contribution in [2.24, 2.45) is 0 Å². The van der Waals surface area contributed by atoms with E-state index in [4.69, 9.17) is 18.9 Å². The number of carbonyl (C=O) groups is 2. The van der Waals surface area contributed by atoms with Gasteiger partial charge in [-0.2, -0.15) is 8.42 Å². The van der Waals surface area contributed by atoms with Gasteiger partial charge in [-0.1, -0.05) is 152 Å². The number of hydrogen-bond donors (Lipinski definition) is 4. The minimum absolute atomic E-state index is 0.124. The van der Waals surface area contributed by atoms with Gasteiger partial charge in [0.15, 0.2) is 12.4 Å². The maximum Gasteiger partial charge on any atom is 0.306 e. The van der Waals surface area contributed by atoms with Crippen LogP contribution >= 0.6 is 0 Å². The van der Waals surface area contributed by atoms with Crippen LogP contribution in [-0.2, 0) is 38.7 Å². The molecule has 0 radical (unpaired) electrons. The third-order valence-electron chi connectivity index (χ3n) is 9.86. The Morgan fingerprint density at radius 2 is 1.07 bits per heavy atom. The van der Waals surface area contributed by atoms with Crippen molar-refractivity contribution >= 4 is 22.1 Å². The van der Waals surface area contributed by atoms with Crippen molar-refractivity contribution in [3.8, 4) is 0 Å². The fourth-order valence-corrected chi connectivity index (χ4v) is 7.10. The molecule has 0 aliphatic carbocycles. The number of rotatable bonds is 36. The average molecular weight is 855 g/mol. The van der Waals surface area contributed by atoms with E-state index in [1.165, 1.54) is 51.4 Å². The maximum atomic E-state index is 12.8. The van der Waals surface area contributed by atoms with Gasteiger partial charge in [-0.25, -0.2) is 0 Å². The Morgan fingerprint density at radius 1 is 0.593 bits per heavy atom. The lowest BCUT2D eigenvalue weighted by Gasteiger charge is -2.40. The van der Waals surface area contributed by atoms with E-state index in [9.17, 15) is 37.9 Å². The van der Waals surface area contributed by atoms with Gasteiger partial charge in [0.1, 0.15) is 36.8 Å². The van der Waals surface area contributed by atoms with E-state index in [-0.39, 0.29) is 19.4 Å². The Kier molecular flexibility index (Phi) is 33.2. The zero-order valence-corrected chi connectivity index (χ0v) is 36.9. The molecule has 0 aromatic heterocycles. The summed E-state index contributed by atoms with van der Waals surface area (Å²) in [7, 11) is -4.61. The van der Waals surface area contributed by atoms with Crippen LogP contribution in [0.25, 0.3) is 0 Å². The third kappa shape index (κ3) is 30.9. The Balaban J connectivity index is 2.48. The van der Waals surface area contributed by atoms with Gasteiger partial charge in [-0.05, 0) is 57.8 Å². The monoisotopic (exact) mass is 855 g/mol. The molecule has 1 aliphatic heterocycles. The summed E-state index contributed by atoms with van der Waals surface area (Å²) < 4.78 is 54.0. The highest BCUT2D eigenvalue weighted by Crippen LogP contribution is 2.24. The predicted molar refractivity (Wildman–Crippen MR) is 233 cm³/mol. The van der Waals surface area contributed by atoms with Gasteiger partial charge in [0.2, 0.25) is 0 Å². The van der Waals surface area contributed by atoms with Gasteiger partial charge < -0.3 is 34.3 Å². The van der Waals surface area contributed by atoms with Gasteiger partial charge in [0.25, 0.3) is 10.1 Å². The molecule has 0 spiro atoms. The molecule has 1 saturated heterocycles. The van der Waals surface area contributed by atoms with Crippen molar-refractivity contribution < 1.29 is 56.8 Å². The first-order valence-electron chi connectivity index (χ1n) is 22.3. The fraction of sp³-hybridized carbons (Fsp3) is 0.739. The molecule has 6 atom stereocenters. The summed E-state index contributed by atoms with van der Waals surface area (Å²) in [5.74, 6) is -2.03. The summed E-state index contributed by atoms with van der Waals surface area (Å²) in [6.07, 6.45) is 34.1. The smallest absolute Gasteiger partial charge is 0.306 e. The van der Waals surface area contributed by atoms with Crippen molar-refractivity contribution in [2.45, 2.75) is 198 Å². The van der Waals surface area contributed by atoms with Gasteiger partial charge in [-0.3, -0.25) is 14.1 Å². The number of hydrogen-bond acceptors (Lipinski definition) is 11. The number of aliphatic hydroxyl groups is 3. The summed E-state index contributed by atoms with van der Waals surface area (Å²) >= 11 is 0. The standard InChI is InChI=1S/C46H78O12S/c1-3-5-7-9-11-13-15-17-18-19-20-21-22-23-25-27-29-31-33-35-42(48)57-39(37-56-46-45(51)44(50)43(49)40(58-46)38-59(52,53)54)36-55-41(47)34-32-30-28-26-24-16-14-12-10-8-6-4-2/h5,7,11,13,17-18,20-21,23,25,39-40,43-46,49-51H,3-4,6,8-10,12,14-16,19,22,24,26-38H2,1-2H3,(H,52,53,54)/b7-5+,13-11+,18-17+,21-20+,25-23+/t39-,40-,43-,44?,45?,46+/m1/s1. The van der Waals surface area contributed by atoms with Crippen molar-refractivity contribution in [2.75, 3.05) is 19.0 Å². The molecule has 0 bridgehead atoms. The van der Waals surface area contributed by atoms with Crippen LogP contribution < -0.4 is 0 Å². The molecule has 12 nitrogen and oxygen atoms in total. The molecule has 59 heavy (non-hydrogen) atoms. The van der Waals surface area contributed by atoms with Crippen molar-refractivity contribution in [3.05, 3.63) is 60.8 Å². The lowest BCUT2D eigenvalue weighted by molar-refractivity contribution is -0.297. The van der Waals surface area contributed by atoms with Crippen LogP contribution in [0.2, 0.25) is 0 Å². The number of carbonyl (C=O) groups excluding carboxylic acids is 2. The lowest BCUT2D eigenvalue weighted by Crippen LogP contribution is -2.60. The number of ether oxygens (including phenoxy) is 4. The molecule has 4 N–H and O–H groups in total. The molecule has 1 heterocycles. The zero-order valence-electron chi connectivity index (χ0n) is 36.1. The highest BCUT2D eigenvalue weighted by molar-refractivity contribution is 7.85. The molecular weight excluding hydrogens is 777 g/mol. The summed E-state index contributed by atoms with van der Waals surface area (Å²) in [6, 6.07) is 0. The minimum atomic E-state index is -4.61. The quantitative estimate of drug-likeness (QED) is 0.0203. The Bertz CT molecular complexity index is 1320. The average Bonchev–Trinajstić information content (AvgIpc) is 3.20. The Hall–Kier alpha value is -2.65. The van der Waals surface area contributed by atoms with Crippen molar-refractivity contribution in [1.82, 2.24) is 0 Å². The Labute approximate surface area is 355 Å². The van der Waals surface area contributed by atoms with Gasteiger partial charge >= 0.3 is 11.9 Å². The first-order chi connectivity index (χ1) is 28.5. The van der Waals surface area contributed by atoms with Gasteiger partial charge in [-0.15, -0.1) is 0 Å². The molecule has 1 fully saturated rings. The topological polar surface area (TPSA) is 186 Å². The predicted octanol–water partition coefficient (Wildman–Crippen LogP) is 8.95. The summed E-state index contributed by atoms with van der Waals surface area (Å²) in [5, 5.41) is 30.9. The SMILES string of the molecule is CC/C=C/C/C=C/C/C=C/C/C=C/C/C=C/CCCCCC(=O)O[C@H](COC(=O)CCCCCCCCCCCCCC)CO[C@H]1O[C@H](CS(=O)(=O)O)[C@@H](O)C(O)C1O. The number of esters is 2. The molecule has 1 rings (SSSR count). The summed E-state index contributed by atoms with van der Waals surface area (Å²) in [4.78, 5) is 25.4. The molecular formula is C46H78O12S. The van der Waals surface area contributed by atoms with E-state index in [2.05, 4.69) is 74.6 Å². The molecule has 0 aromatic carbocycles. The first kappa shape index (κ1) is 54.4. The number of unbranched alkanes of at least 4 members (excludes halogenated alkanes) is 14. The van der Waals surface area contributed by atoms with E-state index in [0.717, 1.165) is 70.6 Å². The highest BCUT2D eigenvalue weighted by Gasteiger charge is 2.46. The zero-order chi connectivity index (χ0) is 43.4. The minimum Gasteiger partial charge on any atom is -0.462 e. The highest BCUT2D eigenvalue weighted by atomic mass is 32.2. The molecule has 1 aliphatic rings. The van der Waals surface area contributed by atoms with Gasteiger partial charge in [0, 0.05) is 12.8 Å². The summed E-state index contributed by atoms with van der Waals surface area (Å²) in [6.45, 7) is 3.60. The third-order valence-corrected chi connectivity index (χ3v) is 10.6. The maximum absolute atomic E-state index is 12.8. The lowest BCUT2D eigenvalue weighted by atomic mass is 10.00. The molecule has 2 unspecified atom stereocenters. The summed E-state index contributed by atoms with van der Waals surface area (Å²) in [5.41, 5.74) is 0. The number of allylic oxidation sites excluding steroid dienone is 10. The molecule has 0 aromatic rings. The van der Waals surface area contributed by atoms with Gasteiger partial charge in [0.05, 0.1) is 6.61 Å². The molecule has 340 valence electrons. The molecule has 0 saturated carbocycles. The fourth-order valence-electron chi connectivity index (χ4n) is 6.41. The van der Waals surface area contributed by atoms with E-state index in [1.54, 1.807) is 0 Å². The van der Waals surface area contributed by atoms with Crippen molar-refractivity contribution in [3.63, 3.8) is 0 Å². The van der Waals surface area contributed by atoms with Crippen LogP contribution in [0.5, 0.6) is 0 Å². The molecule has 13 heteroatoms. The second kappa shape index (κ2) is 36.0. The van der Waals surface area contributed by atoms with Crippen LogP contribution in [0, 0.1) is 0 Å². The number of aliphatic hydroxyl groups excluding tert-OH is 3.